The van der Waals surface area contributed by atoms with Gasteiger partial charge in [-0.25, -0.2) is 43.0 Å². The molecule has 0 radical (unpaired) electrons. The Bertz CT molecular complexity index is 3620. The van der Waals surface area contributed by atoms with Gasteiger partial charge in [-0.3, -0.25) is 37.7 Å². The summed E-state index contributed by atoms with van der Waals surface area (Å²) in [5, 5.41) is 35.7. The molecule has 0 aliphatic carbocycles. The minimum absolute atomic E-state index is 0.0137. The Balaban J connectivity index is 0.894. The van der Waals surface area contributed by atoms with Crippen LogP contribution in [0.1, 0.15) is 18.7 Å². The van der Waals surface area contributed by atoms with Crippen molar-refractivity contribution in [1.29, 1.82) is 0 Å². The van der Waals surface area contributed by atoms with Gasteiger partial charge in [-0.1, -0.05) is 0 Å². The molecule has 4 unspecified atom stereocenters. The summed E-state index contributed by atoms with van der Waals surface area (Å²) in [6.07, 6.45) is -13.2. The molecule has 3 saturated heterocycles. The van der Waals surface area contributed by atoms with Gasteiger partial charge < -0.3 is 90.2 Å². The van der Waals surface area contributed by atoms with Crippen LogP contribution in [0, 0.1) is 5.92 Å². The molecule has 3 aliphatic heterocycles. The van der Waals surface area contributed by atoms with E-state index in [9.17, 15) is 67.5 Å². The molecule has 0 spiro atoms. The number of anilines is 3. The number of hydrogen-bond donors (Lipinski definition) is 12. The number of aromatic nitrogens is 12. The Morgan fingerprint density at radius 3 is 1.96 bits per heavy atom. The number of carbonyl (C=O) groups is 1. The maximum absolute atomic E-state index is 14.3. The molecule has 3 fully saturated rings. The number of H-pyrrole nitrogens is 2. The van der Waals surface area contributed by atoms with Gasteiger partial charge in [0, 0.05) is 19.6 Å². The zero-order valence-electron chi connectivity index (χ0n) is 40.6. The van der Waals surface area contributed by atoms with Crippen molar-refractivity contribution in [1.82, 2.24) is 58.9 Å². The van der Waals surface area contributed by atoms with Crippen molar-refractivity contribution in [3.05, 3.63) is 46.0 Å². The first-order valence-corrected chi connectivity index (χ1v) is 28.6. The number of aliphatic hydroxyl groups is 3. The largest absolute Gasteiger partial charge is 0.778 e. The van der Waals surface area contributed by atoms with Crippen molar-refractivity contribution in [3.8, 4) is 0 Å². The Kier molecular flexibility index (Phi) is 16.1. The lowest BCUT2D eigenvalue weighted by molar-refractivity contribution is -0.646. The number of nitrogens with zero attached hydrogens (tertiary/aromatic N) is 10. The molecule has 9 heterocycles. The molecule has 3 aliphatic rings. The molecule has 432 valence electrons. The lowest BCUT2D eigenvalue weighted by atomic mass is 9.98. The van der Waals surface area contributed by atoms with Gasteiger partial charge in [-0.05, 0) is 0 Å². The van der Waals surface area contributed by atoms with Crippen molar-refractivity contribution < 1.29 is 108 Å². The number of nitrogens with one attached hydrogen (secondary N) is 3. The Hall–Kier alpha value is -5.80. The fourth-order valence-corrected chi connectivity index (χ4v) is 14.3. The van der Waals surface area contributed by atoms with E-state index in [1.807, 2.05) is 0 Å². The van der Waals surface area contributed by atoms with Gasteiger partial charge in [-0.2, -0.15) is 23.2 Å². The maximum atomic E-state index is 14.3. The zero-order valence-corrected chi connectivity index (χ0v) is 44.2. The highest BCUT2D eigenvalue weighted by molar-refractivity contribution is 7.66. The third-order valence-electron chi connectivity index (χ3n) is 12.6. The standard InChI is InChI=1S/C35H48N16O24P4/c1-48-11-51(27-18(48)29(56)47-34(38)45-27)30-19(52)12(4-39-35(57)67-3)13(71-30)5-69-77(60,61)74-79(64,65)75-78(62,63)70-7-15-23(22(66-2)32(73-15)49-9-42-16-24(36)40-8-41-25(16)49)76(58,59)68-6-14-20(53)21(54)31(72-14)50-10-43-17-26(50)44-33(37)46-28(17)55/h8-15,19-23,30-32,52-54H,4-7H2,1-3H3,(H12-,36,37,38,39,40,41,44,45,46,47,55,56,57,58,59,60,61,62,63,64,65)/t12-,13-,14-,15-,19-,20-,21-,22-,23-,30-,31-,32-/m1/s1. The smallest absolute Gasteiger partial charge is 0.490 e. The van der Waals surface area contributed by atoms with Gasteiger partial charge in [0.1, 0.15) is 50.0 Å². The monoisotopic (exact) mass is 1200 g/mol. The van der Waals surface area contributed by atoms with Crippen molar-refractivity contribution in [2.75, 3.05) is 57.8 Å². The summed E-state index contributed by atoms with van der Waals surface area (Å²) in [6, 6.07) is 0. The van der Waals surface area contributed by atoms with Gasteiger partial charge in [0.05, 0.1) is 64.5 Å². The van der Waals surface area contributed by atoms with Crippen LogP contribution in [-0.4, -0.2) is 179 Å². The summed E-state index contributed by atoms with van der Waals surface area (Å²) in [5.41, 5.74) is 13.3. The number of ether oxygens (including phenoxy) is 5. The van der Waals surface area contributed by atoms with Crippen LogP contribution in [0.15, 0.2) is 34.9 Å². The van der Waals surface area contributed by atoms with E-state index in [0.717, 1.165) is 42.3 Å². The van der Waals surface area contributed by atoms with Crippen molar-refractivity contribution in [2.24, 2.45) is 13.0 Å². The highest BCUT2D eigenvalue weighted by atomic mass is 31.3. The summed E-state index contributed by atoms with van der Waals surface area (Å²) in [6.45, 7) is -3.93. The summed E-state index contributed by atoms with van der Waals surface area (Å²) >= 11 is 0. The zero-order chi connectivity index (χ0) is 57.3. The highest BCUT2D eigenvalue weighted by Gasteiger charge is 2.55. The first kappa shape index (κ1) is 57.9. The number of alkyl carbamates (subject to hydrolysis) is 1. The van der Waals surface area contributed by atoms with Crippen molar-refractivity contribution >= 4 is 88.4 Å². The third-order valence-corrected chi connectivity index (χ3v) is 18.7. The normalized spacial score (nSPS) is 29.4. The second-order valence-corrected chi connectivity index (χ2v) is 24.1. The van der Waals surface area contributed by atoms with E-state index < -0.39 is 148 Å². The number of hydrogen-bond acceptors (Lipinski definition) is 30. The number of amides is 1. The molecule has 0 bridgehead atoms. The van der Waals surface area contributed by atoms with E-state index in [2.05, 4.69) is 58.5 Å². The second kappa shape index (κ2) is 21.9. The molecule has 0 aromatic carbocycles. The molecule has 0 saturated carbocycles. The molecule has 15 N–H and O–H groups in total. The molecule has 79 heavy (non-hydrogen) atoms. The number of imidazole rings is 3. The van der Waals surface area contributed by atoms with Crippen LogP contribution in [0.4, 0.5) is 22.5 Å². The lowest BCUT2D eigenvalue weighted by Crippen LogP contribution is -2.40. The van der Waals surface area contributed by atoms with E-state index >= 15 is 0 Å². The SMILES string of the molecule is COC(=O)NC[C@H]1[C@@H](O)[C@H](n2c[n+](C)c3c(=O)[nH]c(N)nc32)O[C@@H]1COP(=O)(O)OP(=O)(O)OP(=O)(O)OC[C@H]1O[C@@H](n2cnc3c(N)ncnc32)[C@H](OC)[C@@H]1P(=O)([O-])OC[C@H]1O[C@@H](n2cnc3c(=O)[nH]c(N)nc32)[C@H](O)[C@@H]1O. The summed E-state index contributed by atoms with van der Waals surface area (Å²) in [5.74, 6) is -2.00. The molecule has 6 aromatic heterocycles. The lowest BCUT2D eigenvalue weighted by Gasteiger charge is -2.35. The molecule has 44 heteroatoms. The van der Waals surface area contributed by atoms with Crippen LogP contribution in [-0.2, 0) is 71.2 Å². The van der Waals surface area contributed by atoms with Crippen molar-refractivity contribution in [2.45, 2.75) is 67.1 Å². The first-order valence-electron chi connectivity index (χ1n) is 22.5. The molecular formula is C35H48N16O24P4. The van der Waals surface area contributed by atoms with Crippen LogP contribution >= 0.6 is 31.1 Å². The van der Waals surface area contributed by atoms with Crippen LogP contribution < -0.4 is 43.1 Å². The molecule has 40 nitrogen and oxygen atoms in total. The minimum atomic E-state index is -6.27. The molecule has 1 amide bonds. The number of nitrogens with two attached hydrogens (primary N) is 3. The van der Waals surface area contributed by atoms with E-state index in [1.54, 1.807) is 0 Å². The number of aryl methyl sites for hydroxylation is 1. The minimum Gasteiger partial charge on any atom is -0.778 e. The number of carbonyl (C=O) groups excluding carboxylic acids is 1. The fourth-order valence-electron chi connectivity index (χ4n) is 9.09. The van der Waals surface area contributed by atoms with Crippen molar-refractivity contribution in [3.63, 3.8) is 0 Å². The number of phosphoric ester groups is 2. The number of phosphoric acid groups is 3. The quantitative estimate of drug-likeness (QED) is 0.0253. The first-order chi connectivity index (χ1) is 37.1. The maximum Gasteiger partial charge on any atom is 0.490 e. The Morgan fingerprint density at radius 2 is 1.30 bits per heavy atom. The van der Waals surface area contributed by atoms with Gasteiger partial charge in [0.15, 0.2) is 35.1 Å². The highest BCUT2D eigenvalue weighted by Crippen LogP contribution is 2.68. The summed E-state index contributed by atoms with van der Waals surface area (Å²) < 4.78 is 110. The average molecular weight is 1200 g/mol. The molecule has 9 rings (SSSR count). The number of rotatable bonds is 20. The third kappa shape index (κ3) is 11.6. The van der Waals surface area contributed by atoms with Gasteiger partial charge in [0.25, 0.3) is 16.7 Å². The van der Waals surface area contributed by atoms with E-state index in [-0.39, 0.29) is 51.2 Å². The summed E-state index contributed by atoms with van der Waals surface area (Å²) in [7, 11) is -20.3. The topological polar surface area (TPSA) is 574 Å². The average Bonchev–Trinajstić information content (AvgIpc) is 4.44. The van der Waals surface area contributed by atoms with E-state index in [1.165, 1.54) is 22.5 Å². The number of aromatic amines is 2. The Labute approximate surface area is 438 Å². The van der Waals surface area contributed by atoms with Crippen LogP contribution in [0.3, 0.4) is 0 Å². The summed E-state index contributed by atoms with van der Waals surface area (Å²) in [4.78, 5) is 112. The second-order valence-electron chi connectivity index (χ2n) is 17.5. The molecular weight excluding hydrogens is 1150 g/mol. The number of nitrogen functional groups attached to an aromatic ring is 3. The van der Waals surface area contributed by atoms with Gasteiger partial charge in [0.2, 0.25) is 24.5 Å². The predicted octanol–water partition coefficient (Wildman–Crippen LogP) is -4.66. The Morgan fingerprint density at radius 1 is 0.734 bits per heavy atom. The van der Waals surface area contributed by atoms with Crippen LogP contribution in [0.25, 0.3) is 33.5 Å². The number of methoxy groups -OCH3 is 2. The van der Waals surface area contributed by atoms with Crippen LogP contribution in [0.2, 0.25) is 0 Å². The van der Waals surface area contributed by atoms with Gasteiger partial charge >= 0.3 is 35.1 Å². The number of aliphatic hydroxyl groups excluding tert-OH is 3. The van der Waals surface area contributed by atoms with Gasteiger partial charge in [-0.15, -0.1) is 0 Å². The van der Waals surface area contributed by atoms with E-state index in [4.69, 9.17) is 49.7 Å². The fraction of sp³-hybridized carbons (Fsp3) is 0.543. The molecule has 6 aromatic rings. The number of fused-ring (bicyclic) bond motifs is 3. The predicted molar refractivity (Wildman–Crippen MR) is 254 cm³/mol. The molecule has 16 atom stereocenters. The van der Waals surface area contributed by atoms with E-state index in [0.29, 0.717) is 0 Å². The van der Waals surface area contributed by atoms with Crippen LogP contribution in [0.5, 0.6) is 0 Å².